The highest BCUT2D eigenvalue weighted by molar-refractivity contribution is 5.84. The Kier molecular flexibility index (Phi) is 7.71. The molecule has 32 heavy (non-hydrogen) atoms. The van der Waals surface area contributed by atoms with Crippen molar-refractivity contribution in [3.05, 3.63) is 120 Å². The van der Waals surface area contributed by atoms with Gasteiger partial charge < -0.3 is 9.47 Å². The fraction of sp³-hybridized carbons (Fsp3) is 0. The molecule has 0 saturated heterocycles. The quantitative estimate of drug-likeness (QED) is 0.187. The summed E-state index contributed by atoms with van der Waals surface area (Å²) >= 11 is 0. The van der Waals surface area contributed by atoms with Gasteiger partial charge in [0.25, 0.3) is 0 Å². The van der Waals surface area contributed by atoms with Crippen LogP contribution < -0.4 is 9.47 Å². The normalized spacial score (nSPS) is 10.8. The summed E-state index contributed by atoms with van der Waals surface area (Å²) < 4.78 is 10.3. The molecule has 0 bridgehead atoms. The van der Waals surface area contributed by atoms with Crippen LogP contribution in [-0.2, 0) is 9.59 Å². The maximum Gasteiger partial charge on any atom is 0.335 e. The molecule has 3 aromatic carbocycles. The molecule has 3 aromatic rings. The number of ether oxygens (including phenoxy) is 2. The van der Waals surface area contributed by atoms with E-state index in [-0.39, 0.29) is 0 Å². The summed E-state index contributed by atoms with van der Waals surface area (Å²) in [6, 6.07) is 22.6. The minimum atomic E-state index is -0.487. The number of carbonyl (C=O) groups excluding carboxylic acids is 2. The third kappa shape index (κ3) is 6.82. The summed E-state index contributed by atoms with van der Waals surface area (Å²) in [5.41, 5.74) is 3.91. The van der Waals surface area contributed by atoms with Crippen molar-refractivity contribution in [3.8, 4) is 11.5 Å². The van der Waals surface area contributed by atoms with E-state index in [9.17, 15) is 9.59 Å². The number of carbonyl (C=O) groups is 2. The Balaban J connectivity index is 1.64. The summed E-state index contributed by atoms with van der Waals surface area (Å²) in [7, 11) is 0. The van der Waals surface area contributed by atoms with Gasteiger partial charge in [-0.2, -0.15) is 0 Å². The van der Waals surface area contributed by atoms with E-state index in [1.54, 1.807) is 24.3 Å². The van der Waals surface area contributed by atoms with E-state index in [0.717, 1.165) is 34.4 Å². The smallest absolute Gasteiger partial charge is 0.335 e. The first-order valence-electron chi connectivity index (χ1n) is 9.90. The number of rotatable bonds is 8. The van der Waals surface area contributed by atoms with Crippen molar-refractivity contribution in [2.75, 3.05) is 0 Å². The van der Waals surface area contributed by atoms with Crippen LogP contribution >= 0.6 is 0 Å². The minimum absolute atomic E-state index is 0.473. The van der Waals surface area contributed by atoms with Gasteiger partial charge in [0.1, 0.15) is 11.5 Å². The molecule has 0 saturated carbocycles. The number of esters is 2. The van der Waals surface area contributed by atoms with Gasteiger partial charge in [0, 0.05) is 12.2 Å². The van der Waals surface area contributed by atoms with Crippen molar-refractivity contribution in [2.24, 2.45) is 0 Å². The van der Waals surface area contributed by atoms with E-state index in [2.05, 4.69) is 13.2 Å². The van der Waals surface area contributed by atoms with Crippen molar-refractivity contribution < 1.29 is 19.1 Å². The molecule has 0 unspecified atom stereocenters. The van der Waals surface area contributed by atoms with Gasteiger partial charge in [-0.1, -0.05) is 86.0 Å². The van der Waals surface area contributed by atoms with Crippen LogP contribution in [0.5, 0.6) is 11.5 Å². The molecule has 0 aromatic heterocycles. The fourth-order valence-electron chi connectivity index (χ4n) is 2.78. The molecular weight excluding hydrogens is 400 g/mol. The van der Waals surface area contributed by atoms with Gasteiger partial charge in [-0.25, -0.2) is 9.59 Å². The standard InChI is InChI=1S/C28H22O4/c1-3-27(29)31-25-9-5-7-23(19-25)17-15-21-11-13-22(14-12-21)16-18-24-8-6-10-26(20-24)32-28(30)4-2/h3-20H,1-2H2. The molecule has 0 aliphatic rings. The first-order chi connectivity index (χ1) is 15.6. The lowest BCUT2D eigenvalue weighted by Crippen LogP contribution is -2.02. The third-order valence-electron chi connectivity index (χ3n) is 4.36. The summed E-state index contributed by atoms with van der Waals surface area (Å²) in [6.07, 6.45) is 10.1. The van der Waals surface area contributed by atoms with E-state index in [0.29, 0.717) is 11.5 Å². The highest BCUT2D eigenvalue weighted by atomic mass is 16.5. The maximum absolute atomic E-state index is 11.3. The Bertz CT molecular complexity index is 1090. The number of benzene rings is 3. The first-order valence-corrected chi connectivity index (χ1v) is 9.90. The highest BCUT2D eigenvalue weighted by Crippen LogP contribution is 2.18. The summed E-state index contributed by atoms with van der Waals surface area (Å²) in [6.45, 7) is 6.79. The van der Waals surface area contributed by atoms with Crippen molar-refractivity contribution in [2.45, 2.75) is 0 Å². The Morgan fingerprint density at radius 3 is 1.31 bits per heavy atom. The van der Waals surface area contributed by atoms with Crippen LogP contribution in [0.1, 0.15) is 22.3 Å². The zero-order chi connectivity index (χ0) is 22.8. The van der Waals surface area contributed by atoms with Crippen LogP contribution in [0, 0.1) is 0 Å². The maximum atomic E-state index is 11.3. The van der Waals surface area contributed by atoms with Gasteiger partial charge in [0.15, 0.2) is 0 Å². The molecule has 0 heterocycles. The molecular formula is C28H22O4. The SMILES string of the molecule is C=CC(=O)Oc1cccc(C=Cc2ccc(C=Cc3cccc(OC(=O)C=C)c3)cc2)c1. The van der Waals surface area contributed by atoms with E-state index in [1.807, 2.05) is 72.8 Å². The number of hydrogen-bond donors (Lipinski definition) is 0. The van der Waals surface area contributed by atoms with Crippen LogP contribution in [-0.4, -0.2) is 11.9 Å². The molecule has 158 valence electrons. The molecule has 0 atom stereocenters. The summed E-state index contributed by atoms with van der Waals surface area (Å²) in [4.78, 5) is 22.7. The molecule has 4 heteroatoms. The average Bonchev–Trinajstić information content (AvgIpc) is 2.82. The molecule has 4 nitrogen and oxygen atoms in total. The van der Waals surface area contributed by atoms with Crippen molar-refractivity contribution >= 4 is 36.2 Å². The predicted octanol–water partition coefficient (Wildman–Crippen LogP) is 6.21. The van der Waals surface area contributed by atoms with Gasteiger partial charge in [-0.15, -0.1) is 0 Å². The Hall–Kier alpha value is -4.44. The van der Waals surface area contributed by atoms with E-state index < -0.39 is 11.9 Å². The average molecular weight is 422 g/mol. The zero-order valence-electron chi connectivity index (χ0n) is 17.4. The number of hydrogen-bond acceptors (Lipinski definition) is 4. The van der Waals surface area contributed by atoms with Crippen LogP contribution in [0.4, 0.5) is 0 Å². The second-order valence-corrected chi connectivity index (χ2v) is 6.73. The highest BCUT2D eigenvalue weighted by Gasteiger charge is 2.01. The molecule has 0 aliphatic heterocycles. The molecule has 0 spiro atoms. The fourth-order valence-corrected chi connectivity index (χ4v) is 2.78. The van der Waals surface area contributed by atoms with E-state index >= 15 is 0 Å². The molecule has 0 fully saturated rings. The minimum Gasteiger partial charge on any atom is -0.423 e. The summed E-state index contributed by atoms with van der Waals surface area (Å²) in [5.74, 6) is -0.0275. The second-order valence-electron chi connectivity index (χ2n) is 6.73. The third-order valence-corrected chi connectivity index (χ3v) is 4.36. The molecule has 0 aliphatic carbocycles. The summed E-state index contributed by atoms with van der Waals surface area (Å²) in [5, 5.41) is 0. The van der Waals surface area contributed by atoms with Crippen molar-refractivity contribution in [3.63, 3.8) is 0 Å². The van der Waals surface area contributed by atoms with Gasteiger partial charge in [-0.05, 0) is 46.5 Å². The second kappa shape index (κ2) is 11.1. The Morgan fingerprint density at radius 1 is 0.562 bits per heavy atom. The molecule has 0 N–H and O–H groups in total. The van der Waals surface area contributed by atoms with Crippen LogP contribution in [0.2, 0.25) is 0 Å². The topological polar surface area (TPSA) is 52.6 Å². The largest absolute Gasteiger partial charge is 0.423 e. The van der Waals surface area contributed by atoms with Crippen LogP contribution in [0.25, 0.3) is 24.3 Å². The predicted molar refractivity (Wildman–Crippen MR) is 129 cm³/mol. The molecule has 3 rings (SSSR count). The van der Waals surface area contributed by atoms with Gasteiger partial charge in [0.05, 0.1) is 0 Å². The first kappa shape index (κ1) is 22.2. The molecule has 0 radical (unpaired) electrons. The van der Waals surface area contributed by atoms with E-state index in [1.165, 1.54) is 0 Å². The van der Waals surface area contributed by atoms with Crippen LogP contribution in [0.3, 0.4) is 0 Å². The van der Waals surface area contributed by atoms with Crippen molar-refractivity contribution in [1.29, 1.82) is 0 Å². The monoisotopic (exact) mass is 422 g/mol. The Morgan fingerprint density at radius 2 is 0.938 bits per heavy atom. The lowest BCUT2D eigenvalue weighted by atomic mass is 10.1. The Labute approximate surface area is 187 Å². The lowest BCUT2D eigenvalue weighted by Gasteiger charge is -2.02. The van der Waals surface area contributed by atoms with E-state index in [4.69, 9.17) is 9.47 Å². The lowest BCUT2D eigenvalue weighted by molar-refractivity contribution is -0.129. The van der Waals surface area contributed by atoms with Gasteiger partial charge in [-0.3, -0.25) is 0 Å². The van der Waals surface area contributed by atoms with Crippen molar-refractivity contribution in [1.82, 2.24) is 0 Å². The molecule has 0 amide bonds. The van der Waals surface area contributed by atoms with Crippen LogP contribution in [0.15, 0.2) is 98.1 Å². The van der Waals surface area contributed by atoms with Gasteiger partial charge in [0.2, 0.25) is 0 Å². The van der Waals surface area contributed by atoms with Gasteiger partial charge >= 0.3 is 11.9 Å². The zero-order valence-corrected chi connectivity index (χ0v) is 17.4.